The number of amides is 2. The summed E-state index contributed by atoms with van der Waals surface area (Å²) in [5, 5.41) is 5.64. The van der Waals surface area contributed by atoms with Gasteiger partial charge in [0.25, 0.3) is 0 Å². The number of nitrogens with two attached hydrogens (primary N) is 1. The number of hydrogen-bond acceptors (Lipinski definition) is 4. The third-order valence-electron chi connectivity index (χ3n) is 2.32. The van der Waals surface area contributed by atoms with Crippen molar-refractivity contribution in [2.75, 3.05) is 10.6 Å². The Morgan fingerprint density at radius 3 is 2.63 bits per heavy atom. The van der Waals surface area contributed by atoms with Crippen LogP contribution in [0.25, 0.3) is 0 Å². The number of anilines is 2. The highest BCUT2D eigenvalue weighted by Gasteiger charge is 2.06. The standard InChI is InChI=1S/C12H12ClN5O/c13-10-6-9(3-2-8(10)7-14)17-12(19)18-11-15-4-1-5-16-11/h1-6H,7,14H2,(H2,15,16,17,18,19). The molecule has 0 bridgehead atoms. The lowest BCUT2D eigenvalue weighted by Gasteiger charge is -2.08. The average molecular weight is 278 g/mol. The van der Waals surface area contributed by atoms with Crippen LogP contribution >= 0.6 is 11.6 Å². The maximum Gasteiger partial charge on any atom is 0.326 e. The molecule has 2 rings (SSSR count). The second-order valence-corrected chi connectivity index (χ2v) is 4.07. The fourth-order valence-corrected chi connectivity index (χ4v) is 1.68. The Labute approximate surface area is 115 Å². The molecule has 1 aromatic carbocycles. The number of hydrogen-bond donors (Lipinski definition) is 3. The van der Waals surface area contributed by atoms with Crippen LogP contribution in [0.15, 0.2) is 36.7 Å². The largest absolute Gasteiger partial charge is 0.326 e. The van der Waals surface area contributed by atoms with Gasteiger partial charge in [-0.05, 0) is 23.8 Å². The molecular weight excluding hydrogens is 266 g/mol. The van der Waals surface area contributed by atoms with Crippen LogP contribution in [0.4, 0.5) is 16.4 Å². The Kier molecular flexibility index (Phi) is 4.27. The molecule has 2 aromatic rings. The molecule has 2 amide bonds. The fourth-order valence-electron chi connectivity index (χ4n) is 1.42. The molecule has 6 nitrogen and oxygen atoms in total. The van der Waals surface area contributed by atoms with Crippen molar-refractivity contribution in [2.24, 2.45) is 5.73 Å². The normalized spacial score (nSPS) is 10.0. The number of carbonyl (C=O) groups excluding carboxylic acids is 1. The van der Waals surface area contributed by atoms with Crippen molar-refractivity contribution >= 4 is 29.3 Å². The smallest absolute Gasteiger partial charge is 0.326 e. The van der Waals surface area contributed by atoms with Crippen LogP contribution in [0, 0.1) is 0 Å². The van der Waals surface area contributed by atoms with Gasteiger partial charge in [0.1, 0.15) is 0 Å². The molecule has 0 atom stereocenters. The Hall–Kier alpha value is -2.18. The first-order chi connectivity index (χ1) is 9.19. The van der Waals surface area contributed by atoms with E-state index in [-0.39, 0.29) is 5.95 Å². The summed E-state index contributed by atoms with van der Waals surface area (Å²) in [5.74, 6) is 0.227. The first-order valence-electron chi connectivity index (χ1n) is 5.52. The second-order valence-electron chi connectivity index (χ2n) is 3.66. The number of carbonyl (C=O) groups is 1. The van der Waals surface area contributed by atoms with Crippen molar-refractivity contribution in [2.45, 2.75) is 6.54 Å². The van der Waals surface area contributed by atoms with Crippen LogP contribution in [-0.4, -0.2) is 16.0 Å². The lowest BCUT2D eigenvalue weighted by molar-refractivity contribution is 0.262. The van der Waals surface area contributed by atoms with E-state index in [1.54, 1.807) is 24.3 Å². The van der Waals surface area contributed by atoms with Gasteiger partial charge in [0.2, 0.25) is 5.95 Å². The highest BCUT2D eigenvalue weighted by Crippen LogP contribution is 2.20. The monoisotopic (exact) mass is 277 g/mol. The van der Waals surface area contributed by atoms with Crippen molar-refractivity contribution in [3.63, 3.8) is 0 Å². The highest BCUT2D eigenvalue weighted by molar-refractivity contribution is 6.31. The summed E-state index contributed by atoms with van der Waals surface area (Å²) in [7, 11) is 0. The minimum atomic E-state index is -0.442. The Bertz CT molecular complexity index is 576. The Balaban J connectivity index is 2.01. The number of nitrogens with zero attached hydrogens (tertiary/aromatic N) is 2. The highest BCUT2D eigenvalue weighted by atomic mass is 35.5. The number of urea groups is 1. The van der Waals surface area contributed by atoms with E-state index in [4.69, 9.17) is 17.3 Å². The van der Waals surface area contributed by atoms with Gasteiger partial charge >= 0.3 is 6.03 Å². The van der Waals surface area contributed by atoms with Crippen molar-refractivity contribution in [3.8, 4) is 0 Å². The maximum absolute atomic E-state index is 11.7. The van der Waals surface area contributed by atoms with Gasteiger partial charge in [-0.1, -0.05) is 17.7 Å². The minimum Gasteiger partial charge on any atom is -0.326 e. The predicted molar refractivity (Wildman–Crippen MR) is 74.0 cm³/mol. The Morgan fingerprint density at radius 2 is 2.00 bits per heavy atom. The molecule has 0 fully saturated rings. The van der Waals surface area contributed by atoms with E-state index in [0.717, 1.165) is 5.56 Å². The van der Waals surface area contributed by atoms with E-state index < -0.39 is 6.03 Å². The van der Waals surface area contributed by atoms with Gasteiger partial charge < -0.3 is 11.1 Å². The number of benzene rings is 1. The molecule has 0 saturated carbocycles. The number of rotatable bonds is 3. The molecule has 0 aliphatic carbocycles. The molecule has 1 heterocycles. The summed E-state index contributed by atoms with van der Waals surface area (Å²) < 4.78 is 0. The van der Waals surface area contributed by atoms with Crippen molar-refractivity contribution in [1.29, 1.82) is 0 Å². The minimum absolute atomic E-state index is 0.227. The zero-order chi connectivity index (χ0) is 13.7. The van der Waals surface area contributed by atoms with E-state index in [9.17, 15) is 4.79 Å². The van der Waals surface area contributed by atoms with Gasteiger partial charge in [0, 0.05) is 29.6 Å². The summed E-state index contributed by atoms with van der Waals surface area (Å²) in [6, 6.07) is 6.34. The third kappa shape index (κ3) is 3.64. The molecule has 19 heavy (non-hydrogen) atoms. The molecule has 7 heteroatoms. The van der Waals surface area contributed by atoms with Crippen LogP contribution in [0.2, 0.25) is 5.02 Å². The summed E-state index contributed by atoms with van der Waals surface area (Å²) >= 11 is 6.00. The molecule has 0 spiro atoms. The summed E-state index contributed by atoms with van der Waals surface area (Å²) in [4.78, 5) is 19.4. The van der Waals surface area contributed by atoms with Crippen LogP contribution in [0.5, 0.6) is 0 Å². The van der Waals surface area contributed by atoms with Crippen molar-refractivity contribution in [1.82, 2.24) is 9.97 Å². The lowest BCUT2D eigenvalue weighted by atomic mass is 10.2. The fraction of sp³-hybridized carbons (Fsp3) is 0.0833. The van der Waals surface area contributed by atoms with E-state index in [1.807, 2.05) is 0 Å². The van der Waals surface area contributed by atoms with E-state index in [2.05, 4.69) is 20.6 Å². The van der Waals surface area contributed by atoms with Crippen molar-refractivity contribution < 1.29 is 4.79 Å². The van der Waals surface area contributed by atoms with Gasteiger partial charge in [-0.15, -0.1) is 0 Å². The molecule has 0 aliphatic heterocycles. The second kappa shape index (κ2) is 6.12. The maximum atomic E-state index is 11.7. The molecule has 0 saturated heterocycles. The molecule has 0 radical (unpaired) electrons. The first kappa shape index (κ1) is 13.3. The van der Waals surface area contributed by atoms with Crippen LogP contribution in [0.3, 0.4) is 0 Å². The quantitative estimate of drug-likeness (QED) is 0.802. The van der Waals surface area contributed by atoms with Gasteiger partial charge in [-0.3, -0.25) is 5.32 Å². The van der Waals surface area contributed by atoms with Gasteiger partial charge in [-0.25, -0.2) is 14.8 Å². The molecule has 98 valence electrons. The number of aromatic nitrogens is 2. The van der Waals surface area contributed by atoms with Gasteiger partial charge in [0.15, 0.2) is 0 Å². The molecule has 1 aromatic heterocycles. The predicted octanol–water partition coefficient (Wildman–Crippen LogP) is 2.23. The molecule has 0 unspecified atom stereocenters. The SMILES string of the molecule is NCc1ccc(NC(=O)Nc2ncccn2)cc1Cl. The topological polar surface area (TPSA) is 92.9 Å². The Morgan fingerprint density at radius 1 is 1.26 bits per heavy atom. The first-order valence-corrected chi connectivity index (χ1v) is 5.90. The lowest BCUT2D eigenvalue weighted by Crippen LogP contribution is -2.20. The summed E-state index contributed by atoms with van der Waals surface area (Å²) in [6.07, 6.45) is 3.07. The van der Waals surface area contributed by atoms with Crippen LogP contribution < -0.4 is 16.4 Å². The van der Waals surface area contributed by atoms with Gasteiger partial charge in [-0.2, -0.15) is 0 Å². The van der Waals surface area contributed by atoms with Crippen LogP contribution in [0.1, 0.15) is 5.56 Å². The third-order valence-corrected chi connectivity index (χ3v) is 2.67. The van der Waals surface area contributed by atoms with E-state index >= 15 is 0 Å². The zero-order valence-corrected chi connectivity index (χ0v) is 10.7. The van der Waals surface area contributed by atoms with E-state index in [0.29, 0.717) is 17.3 Å². The molecule has 4 N–H and O–H groups in total. The summed E-state index contributed by atoms with van der Waals surface area (Å²) in [6.45, 7) is 0.350. The average Bonchev–Trinajstić information content (AvgIpc) is 2.40. The molecule has 0 aliphatic rings. The van der Waals surface area contributed by atoms with Crippen molar-refractivity contribution in [3.05, 3.63) is 47.2 Å². The zero-order valence-electron chi connectivity index (χ0n) is 9.93. The van der Waals surface area contributed by atoms with E-state index in [1.165, 1.54) is 12.4 Å². The molecular formula is C12H12ClN5O. The van der Waals surface area contributed by atoms with Gasteiger partial charge in [0.05, 0.1) is 0 Å². The van der Waals surface area contributed by atoms with Crippen LogP contribution in [-0.2, 0) is 6.54 Å². The number of nitrogens with one attached hydrogen (secondary N) is 2. The summed E-state index contributed by atoms with van der Waals surface area (Å²) in [5.41, 5.74) is 6.89. The number of halogens is 1.